The zero-order valence-electron chi connectivity index (χ0n) is 12.1. The van der Waals surface area contributed by atoms with E-state index in [-0.39, 0.29) is 16.5 Å². The number of nitro groups is 1. The van der Waals surface area contributed by atoms with E-state index in [0.717, 1.165) is 12.0 Å². The minimum Gasteiger partial charge on any atom is -0.356 e. The molecule has 23 heavy (non-hydrogen) atoms. The summed E-state index contributed by atoms with van der Waals surface area (Å²) in [6.45, 7) is 0. The first-order valence-electron chi connectivity index (χ1n) is 7.08. The number of ketones is 1. The molecule has 2 aromatic rings. The maximum absolute atomic E-state index is 12.4. The second-order valence-corrected chi connectivity index (χ2v) is 5.66. The molecule has 5 nitrogen and oxygen atoms in total. The second-order valence-electron chi connectivity index (χ2n) is 5.22. The molecule has 0 unspecified atom stereocenters. The number of fused-ring (bicyclic) bond motifs is 1. The lowest BCUT2D eigenvalue weighted by Gasteiger charge is -2.17. The molecule has 0 saturated carbocycles. The van der Waals surface area contributed by atoms with Gasteiger partial charge in [0.25, 0.3) is 5.69 Å². The first-order valence-corrected chi connectivity index (χ1v) is 7.46. The zero-order valence-corrected chi connectivity index (χ0v) is 12.8. The largest absolute Gasteiger partial charge is 0.356 e. The molecule has 0 aromatic heterocycles. The van der Waals surface area contributed by atoms with Gasteiger partial charge in [0, 0.05) is 28.4 Å². The Morgan fingerprint density at radius 3 is 2.74 bits per heavy atom. The van der Waals surface area contributed by atoms with E-state index in [2.05, 4.69) is 5.32 Å². The third-order valence-corrected chi connectivity index (χ3v) is 4.01. The van der Waals surface area contributed by atoms with Gasteiger partial charge < -0.3 is 5.32 Å². The predicted octanol–water partition coefficient (Wildman–Crippen LogP) is 4.37. The number of halogens is 1. The number of hydrogen-bond acceptors (Lipinski definition) is 4. The Morgan fingerprint density at radius 2 is 1.96 bits per heavy atom. The topological polar surface area (TPSA) is 72.2 Å². The highest BCUT2D eigenvalue weighted by atomic mass is 35.5. The minimum atomic E-state index is -0.509. The third kappa shape index (κ3) is 3.10. The van der Waals surface area contributed by atoms with Crippen molar-refractivity contribution in [2.24, 2.45) is 0 Å². The van der Waals surface area contributed by atoms with Gasteiger partial charge in [-0.25, -0.2) is 0 Å². The fourth-order valence-corrected chi connectivity index (χ4v) is 2.76. The molecule has 0 radical (unpaired) electrons. The van der Waals surface area contributed by atoms with Crippen LogP contribution in [-0.4, -0.2) is 10.7 Å². The molecular formula is C17H13ClN2O3. The van der Waals surface area contributed by atoms with Gasteiger partial charge in [0.1, 0.15) is 5.69 Å². The summed E-state index contributed by atoms with van der Waals surface area (Å²) in [4.78, 5) is 23.0. The Morgan fingerprint density at radius 1 is 1.17 bits per heavy atom. The van der Waals surface area contributed by atoms with Crippen molar-refractivity contribution in [3.63, 3.8) is 0 Å². The van der Waals surface area contributed by atoms with E-state index in [0.29, 0.717) is 23.2 Å². The minimum absolute atomic E-state index is 0.0454. The fourth-order valence-electron chi connectivity index (χ4n) is 2.60. The number of allylic oxidation sites excluding steroid dienone is 1. The van der Waals surface area contributed by atoms with E-state index in [1.807, 2.05) is 18.2 Å². The van der Waals surface area contributed by atoms with Gasteiger partial charge in [0.2, 0.25) is 0 Å². The van der Waals surface area contributed by atoms with Crippen molar-refractivity contribution in [2.45, 2.75) is 12.8 Å². The average molecular weight is 329 g/mol. The van der Waals surface area contributed by atoms with Crippen LogP contribution in [0.3, 0.4) is 0 Å². The van der Waals surface area contributed by atoms with Crippen LogP contribution in [0.1, 0.15) is 22.3 Å². The molecule has 0 atom stereocenters. The molecular weight excluding hydrogens is 316 g/mol. The van der Waals surface area contributed by atoms with Crippen LogP contribution in [0.15, 0.2) is 54.2 Å². The highest BCUT2D eigenvalue weighted by molar-refractivity contribution is 6.30. The quantitative estimate of drug-likeness (QED) is 0.516. The van der Waals surface area contributed by atoms with Crippen molar-refractivity contribution in [1.29, 1.82) is 0 Å². The molecule has 6 heteroatoms. The van der Waals surface area contributed by atoms with Crippen molar-refractivity contribution in [2.75, 3.05) is 5.32 Å². The number of carbonyl (C=O) groups excluding carboxylic acids is 1. The summed E-state index contributed by atoms with van der Waals surface area (Å²) >= 11 is 5.79. The summed E-state index contributed by atoms with van der Waals surface area (Å²) in [6, 6.07) is 11.9. The highest BCUT2D eigenvalue weighted by Gasteiger charge is 2.21. The van der Waals surface area contributed by atoms with Crippen LogP contribution in [0.25, 0.3) is 0 Å². The van der Waals surface area contributed by atoms with Gasteiger partial charge >= 0.3 is 0 Å². The van der Waals surface area contributed by atoms with Gasteiger partial charge in [-0.05, 0) is 30.5 Å². The van der Waals surface area contributed by atoms with Gasteiger partial charge in [0.15, 0.2) is 5.78 Å². The summed E-state index contributed by atoms with van der Waals surface area (Å²) in [5.41, 5.74) is 2.51. The fraction of sp³-hybridized carbons (Fsp3) is 0.118. The van der Waals surface area contributed by atoms with Gasteiger partial charge in [0.05, 0.1) is 4.92 Å². The Labute approximate surface area is 137 Å². The average Bonchev–Trinajstić information content (AvgIpc) is 2.55. The van der Waals surface area contributed by atoms with Crippen LogP contribution >= 0.6 is 11.6 Å². The predicted molar refractivity (Wildman–Crippen MR) is 88.9 cm³/mol. The monoisotopic (exact) mass is 328 g/mol. The first kappa shape index (κ1) is 15.2. The maximum Gasteiger partial charge on any atom is 0.294 e. The molecule has 0 aliphatic heterocycles. The van der Waals surface area contributed by atoms with Crippen molar-refractivity contribution in [3.8, 4) is 0 Å². The lowest BCUT2D eigenvalue weighted by molar-refractivity contribution is -0.383. The van der Waals surface area contributed by atoms with E-state index in [4.69, 9.17) is 11.6 Å². The molecule has 116 valence electrons. The van der Waals surface area contributed by atoms with Crippen molar-refractivity contribution in [3.05, 3.63) is 80.5 Å². The van der Waals surface area contributed by atoms with Crippen LogP contribution in [0, 0.1) is 10.1 Å². The van der Waals surface area contributed by atoms with Crippen molar-refractivity contribution in [1.82, 2.24) is 0 Å². The number of aryl methyl sites for hydroxylation is 1. The van der Waals surface area contributed by atoms with Crippen molar-refractivity contribution < 1.29 is 9.72 Å². The van der Waals surface area contributed by atoms with E-state index < -0.39 is 4.92 Å². The Bertz CT molecular complexity index is 830. The molecule has 3 rings (SSSR count). The third-order valence-electron chi connectivity index (χ3n) is 3.78. The number of hydrogen-bond donors (Lipinski definition) is 1. The molecule has 0 fully saturated rings. The molecule has 0 amide bonds. The molecule has 0 spiro atoms. The Hall–Kier alpha value is -2.66. The van der Waals surface area contributed by atoms with E-state index in [1.165, 1.54) is 12.1 Å². The standard InChI is InChI=1S/C17H13ClN2O3/c18-13-7-8-15(16(9-13)20(22)23)19-10-12-6-5-11-3-1-2-4-14(11)17(12)21/h1-4,7-10,19H,5-6H2/b12-10+. The van der Waals surface area contributed by atoms with Gasteiger partial charge in [-0.1, -0.05) is 35.9 Å². The smallest absolute Gasteiger partial charge is 0.294 e. The number of nitrogens with one attached hydrogen (secondary N) is 1. The number of carbonyl (C=O) groups is 1. The van der Waals surface area contributed by atoms with Crippen molar-refractivity contribution >= 4 is 28.8 Å². The van der Waals surface area contributed by atoms with Crippen LogP contribution in [0.4, 0.5) is 11.4 Å². The molecule has 1 N–H and O–H groups in total. The Kier molecular flexibility index (Phi) is 4.12. The highest BCUT2D eigenvalue weighted by Crippen LogP contribution is 2.29. The number of nitrogens with zero attached hydrogens (tertiary/aromatic N) is 1. The molecule has 1 aliphatic carbocycles. The number of rotatable bonds is 3. The van der Waals surface area contributed by atoms with Gasteiger partial charge in [-0.15, -0.1) is 0 Å². The number of Topliss-reactive ketones (excluding diaryl/α,β-unsaturated/α-hetero) is 1. The van der Waals surface area contributed by atoms with Crippen LogP contribution in [0.5, 0.6) is 0 Å². The number of benzene rings is 2. The maximum atomic E-state index is 12.4. The molecule has 1 aliphatic rings. The van der Waals surface area contributed by atoms with Gasteiger partial charge in [-0.2, -0.15) is 0 Å². The number of anilines is 1. The summed E-state index contributed by atoms with van der Waals surface area (Å²) in [7, 11) is 0. The van der Waals surface area contributed by atoms with E-state index >= 15 is 0 Å². The molecule has 0 bridgehead atoms. The normalized spacial score (nSPS) is 15.3. The summed E-state index contributed by atoms with van der Waals surface area (Å²) < 4.78 is 0. The second kappa shape index (κ2) is 6.22. The molecule has 2 aromatic carbocycles. The SMILES string of the molecule is O=C1/C(=C/Nc2ccc(Cl)cc2[N+](=O)[O-])CCc2ccccc21. The lowest BCUT2D eigenvalue weighted by Crippen LogP contribution is -2.15. The summed E-state index contributed by atoms with van der Waals surface area (Å²) in [5.74, 6) is -0.0454. The van der Waals surface area contributed by atoms with Crippen LogP contribution < -0.4 is 5.32 Å². The molecule has 0 heterocycles. The zero-order chi connectivity index (χ0) is 16.4. The number of nitro benzene ring substituents is 1. The Balaban J connectivity index is 1.87. The van der Waals surface area contributed by atoms with E-state index in [1.54, 1.807) is 18.3 Å². The summed E-state index contributed by atoms with van der Waals surface area (Å²) in [5, 5.41) is 14.2. The van der Waals surface area contributed by atoms with Crippen LogP contribution in [-0.2, 0) is 6.42 Å². The van der Waals surface area contributed by atoms with Gasteiger partial charge in [-0.3, -0.25) is 14.9 Å². The van der Waals surface area contributed by atoms with E-state index in [9.17, 15) is 14.9 Å². The molecule has 0 saturated heterocycles. The first-order chi connectivity index (χ1) is 11.1. The lowest BCUT2D eigenvalue weighted by atomic mass is 9.87. The summed E-state index contributed by atoms with van der Waals surface area (Å²) in [6.07, 6.45) is 2.93. The van der Waals surface area contributed by atoms with Crippen LogP contribution in [0.2, 0.25) is 5.02 Å².